The lowest BCUT2D eigenvalue weighted by Gasteiger charge is -2.29. The Hall–Kier alpha value is -0.610. The van der Waals surface area contributed by atoms with Crippen LogP contribution in [0.3, 0.4) is 0 Å². The van der Waals surface area contributed by atoms with Gasteiger partial charge in [0.25, 0.3) is 0 Å². The number of hydrogen-bond donors (Lipinski definition) is 3. The van der Waals surface area contributed by atoms with Crippen LogP contribution in [0.4, 0.5) is 0 Å². The molecule has 16 heavy (non-hydrogen) atoms. The van der Waals surface area contributed by atoms with Crippen molar-refractivity contribution in [3.8, 4) is 0 Å². The van der Waals surface area contributed by atoms with E-state index in [0.29, 0.717) is 12.1 Å². The normalized spacial score (nSPS) is 30.1. The van der Waals surface area contributed by atoms with Gasteiger partial charge < -0.3 is 16.4 Å². The molecule has 2 fully saturated rings. The van der Waals surface area contributed by atoms with Crippen molar-refractivity contribution in [1.29, 1.82) is 0 Å². The highest BCUT2D eigenvalue weighted by Crippen LogP contribution is 2.28. The molecule has 0 bridgehead atoms. The fraction of sp³-hybridized carbons (Fsp3) is 0.917. The van der Waals surface area contributed by atoms with E-state index in [0.717, 1.165) is 18.8 Å². The molecule has 2 aliphatic carbocycles. The number of carbonyl (C=O) groups excluding carboxylic acids is 1. The van der Waals surface area contributed by atoms with Gasteiger partial charge in [-0.15, -0.1) is 0 Å². The van der Waals surface area contributed by atoms with Crippen LogP contribution in [-0.4, -0.2) is 31.1 Å². The van der Waals surface area contributed by atoms with Gasteiger partial charge in [-0.3, -0.25) is 4.79 Å². The highest BCUT2D eigenvalue weighted by Gasteiger charge is 2.25. The summed E-state index contributed by atoms with van der Waals surface area (Å²) in [7, 11) is 0. The predicted molar refractivity (Wildman–Crippen MR) is 64.0 cm³/mol. The van der Waals surface area contributed by atoms with Crippen LogP contribution in [0.15, 0.2) is 0 Å². The lowest BCUT2D eigenvalue weighted by molar-refractivity contribution is -0.120. The molecule has 2 aliphatic rings. The zero-order valence-electron chi connectivity index (χ0n) is 9.87. The summed E-state index contributed by atoms with van der Waals surface area (Å²) in [6, 6.07) is 1.03. The largest absolute Gasteiger partial charge is 0.352 e. The van der Waals surface area contributed by atoms with Crippen molar-refractivity contribution >= 4 is 5.91 Å². The number of nitrogens with two attached hydrogens (primary N) is 1. The number of carbonyl (C=O) groups is 1. The quantitative estimate of drug-likeness (QED) is 0.633. The molecule has 2 rings (SSSR count). The predicted octanol–water partition coefficient (Wildman–Crippen LogP) is 0.372. The summed E-state index contributed by atoms with van der Waals surface area (Å²) in [5, 5.41) is 6.61. The third-order valence-electron chi connectivity index (χ3n) is 3.67. The fourth-order valence-electron chi connectivity index (χ4n) is 2.38. The van der Waals surface area contributed by atoms with Crippen LogP contribution in [0, 0.1) is 5.92 Å². The van der Waals surface area contributed by atoms with Crippen LogP contribution in [0.1, 0.15) is 38.5 Å². The molecule has 0 saturated heterocycles. The average Bonchev–Trinajstić information content (AvgIpc) is 3.12. The van der Waals surface area contributed by atoms with Gasteiger partial charge in [0.05, 0.1) is 6.54 Å². The molecule has 0 atom stereocenters. The minimum atomic E-state index is -0.0191. The molecule has 0 aromatic carbocycles. The smallest absolute Gasteiger partial charge is 0.233 e. The molecule has 4 N–H and O–H groups in total. The summed E-state index contributed by atoms with van der Waals surface area (Å²) in [4.78, 5) is 11.1. The molecule has 0 unspecified atom stereocenters. The summed E-state index contributed by atoms with van der Waals surface area (Å²) in [6.07, 6.45) is 7.37. The van der Waals surface area contributed by atoms with Crippen LogP contribution in [0.25, 0.3) is 0 Å². The molecular weight excluding hydrogens is 202 g/mol. The van der Waals surface area contributed by atoms with E-state index in [-0.39, 0.29) is 12.5 Å². The van der Waals surface area contributed by atoms with Gasteiger partial charge in [0.2, 0.25) is 5.91 Å². The molecule has 0 spiro atoms. The van der Waals surface area contributed by atoms with E-state index in [1.54, 1.807) is 0 Å². The Kier molecular flexibility index (Phi) is 4.18. The Morgan fingerprint density at radius 1 is 1.06 bits per heavy atom. The second-order valence-electron chi connectivity index (χ2n) is 5.17. The monoisotopic (exact) mass is 225 g/mol. The van der Waals surface area contributed by atoms with Crippen molar-refractivity contribution < 1.29 is 4.79 Å². The molecule has 0 aromatic rings. The first kappa shape index (κ1) is 11.9. The summed E-state index contributed by atoms with van der Waals surface area (Å²) in [5.74, 6) is 0.934. The second-order valence-corrected chi connectivity index (χ2v) is 5.17. The third-order valence-corrected chi connectivity index (χ3v) is 3.67. The van der Waals surface area contributed by atoms with Gasteiger partial charge in [-0.25, -0.2) is 0 Å². The van der Waals surface area contributed by atoms with Crippen molar-refractivity contribution in [2.24, 2.45) is 11.7 Å². The Morgan fingerprint density at radius 3 is 2.25 bits per heavy atom. The van der Waals surface area contributed by atoms with Gasteiger partial charge in [0.15, 0.2) is 0 Å². The molecule has 0 aliphatic heterocycles. The minimum absolute atomic E-state index is 0.0191. The summed E-state index contributed by atoms with van der Waals surface area (Å²) < 4.78 is 0. The molecule has 0 radical (unpaired) electrons. The molecule has 4 nitrogen and oxygen atoms in total. The number of rotatable bonds is 5. The van der Waals surface area contributed by atoms with Crippen molar-refractivity contribution in [3.63, 3.8) is 0 Å². The van der Waals surface area contributed by atoms with E-state index in [4.69, 9.17) is 5.73 Å². The van der Waals surface area contributed by atoms with E-state index in [1.165, 1.54) is 32.2 Å². The summed E-state index contributed by atoms with van der Waals surface area (Å²) >= 11 is 0. The minimum Gasteiger partial charge on any atom is -0.352 e. The second kappa shape index (κ2) is 5.64. The Morgan fingerprint density at radius 2 is 1.69 bits per heavy atom. The zero-order valence-corrected chi connectivity index (χ0v) is 9.87. The van der Waals surface area contributed by atoms with Crippen LogP contribution >= 0.6 is 0 Å². The Labute approximate surface area is 97.3 Å². The van der Waals surface area contributed by atoms with Gasteiger partial charge >= 0.3 is 0 Å². The van der Waals surface area contributed by atoms with Gasteiger partial charge in [-0.05, 0) is 51.0 Å². The maximum absolute atomic E-state index is 11.1. The zero-order chi connectivity index (χ0) is 11.4. The average molecular weight is 225 g/mol. The van der Waals surface area contributed by atoms with Crippen molar-refractivity contribution in [2.75, 3.05) is 13.1 Å². The molecular formula is C12H23N3O. The first-order valence-corrected chi connectivity index (χ1v) is 6.50. The molecule has 0 heterocycles. The van der Waals surface area contributed by atoms with E-state index in [9.17, 15) is 4.79 Å². The maximum atomic E-state index is 11.1. The topological polar surface area (TPSA) is 67.2 Å². The molecule has 0 aromatic heterocycles. The van der Waals surface area contributed by atoms with Gasteiger partial charge in [-0.2, -0.15) is 0 Å². The van der Waals surface area contributed by atoms with E-state index < -0.39 is 0 Å². The van der Waals surface area contributed by atoms with E-state index >= 15 is 0 Å². The SMILES string of the molecule is NCC(=O)NC1CCC(NCC2CC2)CC1. The highest BCUT2D eigenvalue weighted by atomic mass is 16.1. The van der Waals surface area contributed by atoms with Gasteiger partial charge in [0.1, 0.15) is 0 Å². The van der Waals surface area contributed by atoms with Crippen LogP contribution in [-0.2, 0) is 4.79 Å². The van der Waals surface area contributed by atoms with Crippen LogP contribution in [0.2, 0.25) is 0 Å². The molecule has 92 valence electrons. The van der Waals surface area contributed by atoms with Crippen LogP contribution < -0.4 is 16.4 Å². The first-order chi connectivity index (χ1) is 7.78. The summed E-state index contributed by atoms with van der Waals surface area (Å²) in [5.41, 5.74) is 5.28. The molecule has 4 heteroatoms. The van der Waals surface area contributed by atoms with Crippen molar-refractivity contribution in [3.05, 3.63) is 0 Å². The maximum Gasteiger partial charge on any atom is 0.233 e. The molecule has 1 amide bonds. The summed E-state index contributed by atoms with van der Waals surface area (Å²) in [6.45, 7) is 1.31. The number of nitrogens with one attached hydrogen (secondary N) is 2. The van der Waals surface area contributed by atoms with E-state index in [1.807, 2.05) is 0 Å². The van der Waals surface area contributed by atoms with Gasteiger partial charge in [0, 0.05) is 12.1 Å². The van der Waals surface area contributed by atoms with Crippen molar-refractivity contribution in [1.82, 2.24) is 10.6 Å². The molecule has 2 saturated carbocycles. The number of hydrogen-bond acceptors (Lipinski definition) is 3. The Bertz CT molecular complexity index is 232. The lowest BCUT2D eigenvalue weighted by atomic mass is 9.91. The highest BCUT2D eigenvalue weighted by molar-refractivity contribution is 5.78. The van der Waals surface area contributed by atoms with Gasteiger partial charge in [-0.1, -0.05) is 0 Å². The van der Waals surface area contributed by atoms with E-state index in [2.05, 4.69) is 10.6 Å². The number of amides is 1. The fourth-order valence-corrected chi connectivity index (χ4v) is 2.38. The van der Waals surface area contributed by atoms with Crippen molar-refractivity contribution in [2.45, 2.75) is 50.6 Å². The Balaban J connectivity index is 1.59. The first-order valence-electron chi connectivity index (χ1n) is 6.50. The lowest BCUT2D eigenvalue weighted by Crippen LogP contribution is -2.44. The van der Waals surface area contributed by atoms with Crippen LogP contribution in [0.5, 0.6) is 0 Å². The standard InChI is InChI=1S/C12H23N3O/c13-7-12(16)15-11-5-3-10(4-6-11)14-8-9-1-2-9/h9-11,14H,1-8,13H2,(H,15,16). The third kappa shape index (κ3) is 3.76.